The fourth-order valence-corrected chi connectivity index (χ4v) is 3.47. The monoisotopic (exact) mass is 340 g/mol. The van der Waals surface area contributed by atoms with Gasteiger partial charge >= 0.3 is 6.18 Å². The molecule has 1 aromatic heterocycles. The third kappa shape index (κ3) is 3.72. The normalized spacial score (nSPS) is 15.8. The van der Waals surface area contributed by atoms with Gasteiger partial charge in [-0.05, 0) is 25.0 Å². The summed E-state index contributed by atoms with van der Waals surface area (Å²) in [6, 6.07) is 5.16. The summed E-state index contributed by atoms with van der Waals surface area (Å²) < 4.78 is 38.3. The first kappa shape index (κ1) is 16.0. The molecule has 0 saturated heterocycles. The van der Waals surface area contributed by atoms with E-state index in [-0.39, 0.29) is 17.6 Å². The second kappa shape index (κ2) is 6.31. The van der Waals surface area contributed by atoms with Crippen LogP contribution < -0.4 is 5.32 Å². The summed E-state index contributed by atoms with van der Waals surface area (Å²) >= 11 is 1.17. The Morgan fingerprint density at radius 3 is 2.70 bits per heavy atom. The molecular formula is C16H15F3N2OS. The van der Waals surface area contributed by atoms with Crippen molar-refractivity contribution in [2.75, 3.05) is 0 Å². The number of amides is 1. The SMILES string of the molecule is O=C(NC1CCCC1)c1csc(-c2cccc(C(F)(F)F)c2)n1. The molecule has 1 amide bonds. The average molecular weight is 340 g/mol. The predicted molar refractivity (Wildman–Crippen MR) is 82.3 cm³/mol. The van der Waals surface area contributed by atoms with Crippen LogP contribution in [0.15, 0.2) is 29.6 Å². The molecular weight excluding hydrogens is 325 g/mol. The smallest absolute Gasteiger partial charge is 0.348 e. The Bertz CT molecular complexity index is 705. The van der Waals surface area contributed by atoms with Gasteiger partial charge in [0.25, 0.3) is 5.91 Å². The third-order valence-electron chi connectivity index (χ3n) is 3.86. The van der Waals surface area contributed by atoms with Gasteiger partial charge in [-0.25, -0.2) is 4.98 Å². The maximum atomic E-state index is 12.8. The van der Waals surface area contributed by atoms with Gasteiger partial charge in [0, 0.05) is 17.0 Å². The Labute approximate surface area is 135 Å². The minimum atomic E-state index is -4.39. The number of carbonyl (C=O) groups excluding carboxylic acids is 1. The van der Waals surface area contributed by atoms with Crippen molar-refractivity contribution in [3.8, 4) is 10.6 Å². The number of halogens is 3. The number of hydrogen-bond acceptors (Lipinski definition) is 3. The molecule has 1 aliphatic carbocycles. The molecule has 1 aliphatic rings. The quantitative estimate of drug-likeness (QED) is 0.894. The summed E-state index contributed by atoms with van der Waals surface area (Å²) in [5, 5.41) is 4.91. The zero-order valence-corrected chi connectivity index (χ0v) is 13.0. The van der Waals surface area contributed by atoms with E-state index in [1.54, 1.807) is 11.4 Å². The summed E-state index contributed by atoms with van der Waals surface area (Å²) in [6.07, 6.45) is -0.238. The van der Waals surface area contributed by atoms with Crippen molar-refractivity contribution in [3.05, 3.63) is 40.9 Å². The highest BCUT2D eigenvalue weighted by Crippen LogP contribution is 2.33. The van der Waals surface area contributed by atoms with E-state index in [2.05, 4.69) is 10.3 Å². The second-order valence-electron chi connectivity index (χ2n) is 5.57. The van der Waals surface area contributed by atoms with Crippen LogP contribution in [0.2, 0.25) is 0 Å². The number of carbonyl (C=O) groups is 1. The topological polar surface area (TPSA) is 42.0 Å². The minimum Gasteiger partial charge on any atom is -0.348 e. The number of aromatic nitrogens is 1. The molecule has 23 heavy (non-hydrogen) atoms. The van der Waals surface area contributed by atoms with E-state index in [1.165, 1.54) is 17.4 Å². The number of alkyl halides is 3. The summed E-state index contributed by atoms with van der Waals surface area (Å²) in [4.78, 5) is 16.3. The highest BCUT2D eigenvalue weighted by atomic mass is 32.1. The fraction of sp³-hybridized carbons (Fsp3) is 0.375. The molecule has 0 unspecified atom stereocenters. The van der Waals surface area contributed by atoms with Crippen LogP contribution in [-0.2, 0) is 6.18 Å². The number of nitrogens with one attached hydrogen (secondary N) is 1. The van der Waals surface area contributed by atoms with Crippen molar-refractivity contribution in [1.82, 2.24) is 10.3 Å². The molecule has 1 saturated carbocycles. The van der Waals surface area contributed by atoms with E-state index in [0.29, 0.717) is 10.6 Å². The molecule has 1 aromatic carbocycles. The minimum absolute atomic E-state index is 0.182. The van der Waals surface area contributed by atoms with Gasteiger partial charge in [0.15, 0.2) is 0 Å². The van der Waals surface area contributed by atoms with Gasteiger partial charge in [0.1, 0.15) is 10.7 Å². The Morgan fingerprint density at radius 1 is 1.26 bits per heavy atom. The zero-order chi connectivity index (χ0) is 16.4. The summed E-state index contributed by atoms with van der Waals surface area (Å²) in [5.74, 6) is -0.258. The van der Waals surface area contributed by atoms with E-state index in [9.17, 15) is 18.0 Å². The predicted octanol–water partition coefficient (Wildman–Crippen LogP) is 4.50. The molecule has 7 heteroatoms. The first-order chi connectivity index (χ1) is 10.9. The van der Waals surface area contributed by atoms with Gasteiger partial charge in [0.05, 0.1) is 5.56 Å². The number of thiazole rings is 1. The first-order valence-corrected chi connectivity index (χ1v) is 8.25. The highest BCUT2D eigenvalue weighted by molar-refractivity contribution is 7.13. The molecule has 0 aliphatic heterocycles. The number of benzene rings is 1. The van der Waals surface area contributed by atoms with Crippen LogP contribution in [0, 0.1) is 0 Å². The Balaban J connectivity index is 1.77. The standard InChI is InChI=1S/C16H15F3N2OS/c17-16(18,19)11-5-3-4-10(8-11)15-21-13(9-23-15)14(22)20-12-6-1-2-7-12/h3-5,8-9,12H,1-2,6-7H2,(H,20,22). The molecule has 0 spiro atoms. The van der Waals surface area contributed by atoms with Gasteiger partial charge in [-0.2, -0.15) is 13.2 Å². The van der Waals surface area contributed by atoms with E-state index in [0.717, 1.165) is 37.8 Å². The van der Waals surface area contributed by atoms with Gasteiger partial charge in [-0.1, -0.05) is 25.0 Å². The van der Waals surface area contributed by atoms with Crippen LogP contribution in [0.25, 0.3) is 10.6 Å². The third-order valence-corrected chi connectivity index (χ3v) is 4.76. The van der Waals surface area contributed by atoms with Crippen molar-refractivity contribution in [3.63, 3.8) is 0 Å². The lowest BCUT2D eigenvalue weighted by Crippen LogP contribution is -2.32. The van der Waals surface area contributed by atoms with E-state index in [1.807, 2.05) is 0 Å². The van der Waals surface area contributed by atoms with Crippen LogP contribution in [0.1, 0.15) is 41.7 Å². The van der Waals surface area contributed by atoms with E-state index < -0.39 is 11.7 Å². The molecule has 3 nitrogen and oxygen atoms in total. The number of rotatable bonds is 3. The Hall–Kier alpha value is -1.89. The van der Waals surface area contributed by atoms with Crippen molar-refractivity contribution in [2.45, 2.75) is 37.9 Å². The molecule has 1 fully saturated rings. The van der Waals surface area contributed by atoms with Crippen molar-refractivity contribution >= 4 is 17.2 Å². The largest absolute Gasteiger partial charge is 0.416 e. The van der Waals surface area contributed by atoms with Gasteiger partial charge < -0.3 is 5.32 Å². The summed E-state index contributed by atoms with van der Waals surface area (Å²) in [6.45, 7) is 0. The van der Waals surface area contributed by atoms with Crippen LogP contribution in [0.3, 0.4) is 0 Å². The van der Waals surface area contributed by atoms with Gasteiger partial charge in [-0.3, -0.25) is 4.79 Å². The molecule has 1 N–H and O–H groups in total. The van der Waals surface area contributed by atoms with Crippen LogP contribution in [0.4, 0.5) is 13.2 Å². The van der Waals surface area contributed by atoms with Crippen LogP contribution >= 0.6 is 11.3 Å². The molecule has 0 atom stereocenters. The average Bonchev–Trinajstić information content (AvgIpc) is 3.17. The van der Waals surface area contributed by atoms with E-state index >= 15 is 0 Å². The lowest BCUT2D eigenvalue weighted by Gasteiger charge is -2.10. The lowest BCUT2D eigenvalue weighted by atomic mass is 10.1. The second-order valence-corrected chi connectivity index (χ2v) is 6.43. The van der Waals surface area contributed by atoms with Gasteiger partial charge in [0.2, 0.25) is 0 Å². The van der Waals surface area contributed by atoms with Gasteiger partial charge in [-0.15, -0.1) is 11.3 Å². The summed E-state index contributed by atoms with van der Waals surface area (Å²) in [7, 11) is 0. The van der Waals surface area contributed by atoms with Crippen LogP contribution in [-0.4, -0.2) is 16.9 Å². The maximum Gasteiger partial charge on any atom is 0.416 e. The molecule has 122 valence electrons. The lowest BCUT2D eigenvalue weighted by molar-refractivity contribution is -0.137. The number of nitrogens with zero attached hydrogens (tertiary/aromatic N) is 1. The van der Waals surface area contributed by atoms with Crippen molar-refractivity contribution < 1.29 is 18.0 Å². The molecule has 1 heterocycles. The van der Waals surface area contributed by atoms with E-state index in [4.69, 9.17) is 0 Å². The molecule has 3 rings (SSSR count). The van der Waals surface area contributed by atoms with Crippen LogP contribution in [0.5, 0.6) is 0 Å². The zero-order valence-electron chi connectivity index (χ0n) is 12.2. The van der Waals surface area contributed by atoms with Crippen molar-refractivity contribution in [1.29, 1.82) is 0 Å². The maximum absolute atomic E-state index is 12.8. The molecule has 0 bridgehead atoms. The Kier molecular flexibility index (Phi) is 4.39. The Morgan fingerprint density at radius 2 is 2.00 bits per heavy atom. The molecule has 0 radical (unpaired) electrons. The first-order valence-electron chi connectivity index (χ1n) is 7.37. The van der Waals surface area contributed by atoms with Crippen molar-refractivity contribution in [2.24, 2.45) is 0 Å². The number of hydrogen-bond donors (Lipinski definition) is 1. The molecule has 2 aromatic rings. The summed E-state index contributed by atoms with van der Waals surface area (Å²) in [5.41, 5.74) is -0.0961. The fourth-order valence-electron chi connectivity index (χ4n) is 2.67. The highest BCUT2D eigenvalue weighted by Gasteiger charge is 2.30.